The normalized spacial score (nSPS) is 25.6. The van der Waals surface area contributed by atoms with E-state index in [1.165, 1.54) is 16.7 Å². The van der Waals surface area contributed by atoms with Gasteiger partial charge in [-0.2, -0.15) is 0 Å². The van der Waals surface area contributed by atoms with Gasteiger partial charge in [-0.05, 0) is 34.2 Å². The van der Waals surface area contributed by atoms with E-state index in [0.717, 1.165) is 17.2 Å². The van der Waals surface area contributed by atoms with E-state index in [2.05, 4.69) is 4.90 Å². The lowest BCUT2D eigenvalue weighted by Gasteiger charge is -2.44. The maximum absolute atomic E-state index is 12.6. The van der Waals surface area contributed by atoms with Crippen LogP contribution < -0.4 is 0 Å². The average Bonchev–Trinajstić information content (AvgIpc) is 2.80. The van der Waals surface area contributed by atoms with Gasteiger partial charge in [-0.3, -0.25) is 4.79 Å². The SMILES string of the molecule is CSC(C)OC(=O)C1=C(SCCN(C)C)C[C@@H]2[C@@H]([C@@H](C)O)C(=O)N12. The summed E-state index contributed by atoms with van der Waals surface area (Å²) in [5, 5.41) is 9.83. The number of thioether (sulfide) groups is 2. The molecule has 1 saturated heterocycles. The van der Waals surface area contributed by atoms with Crippen LogP contribution in [0.4, 0.5) is 0 Å². The molecule has 1 fully saturated rings. The van der Waals surface area contributed by atoms with Gasteiger partial charge in [0.05, 0.1) is 18.1 Å². The van der Waals surface area contributed by atoms with Crippen molar-refractivity contribution in [3.05, 3.63) is 10.6 Å². The molecule has 0 radical (unpaired) electrons. The van der Waals surface area contributed by atoms with Crippen molar-refractivity contribution in [2.75, 3.05) is 32.6 Å². The van der Waals surface area contributed by atoms with E-state index in [0.29, 0.717) is 12.1 Å². The maximum atomic E-state index is 12.6. The molecule has 2 aliphatic rings. The minimum atomic E-state index is -0.702. The molecule has 0 aromatic carbocycles. The quantitative estimate of drug-likeness (QED) is 0.391. The molecular weight excluding hydrogens is 348 g/mol. The number of hydrogen-bond donors (Lipinski definition) is 1. The summed E-state index contributed by atoms with van der Waals surface area (Å²) in [4.78, 5) is 29.5. The largest absolute Gasteiger partial charge is 0.447 e. The Balaban J connectivity index is 2.17. The van der Waals surface area contributed by atoms with Crippen molar-refractivity contribution in [3.63, 3.8) is 0 Å². The second-order valence-electron chi connectivity index (χ2n) is 6.38. The van der Waals surface area contributed by atoms with Gasteiger partial charge in [0.1, 0.15) is 11.1 Å². The van der Waals surface area contributed by atoms with Gasteiger partial charge >= 0.3 is 5.97 Å². The average molecular weight is 375 g/mol. The van der Waals surface area contributed by atoms with E-state index in [1.807, 2.05) is 27.3 Å². The molecule has 1 unspecified atom stereocenters. The van der Waals surface area contributed by atoms with Gasteiger partial charge in [-0.1, -0.05) is 0 Å². The molecule has 8 heteroatoms. The third kappa shape index (κ3) is 3.92. The van der Waals surface area contributed by atoms with Crippen molar-refractivity contribution in [3.8, 4) is 0 Å². The summed E-state index contributed by atoms with van der Waals surface area (Å²) in [6.07, 6.45) is 1.79. The van der Waals surface area contributed by atoms with Crippen molar-refractivity contribution >= 4 is 35.4 Å². The van der Waals surface area contributed by atoms with E-state index in [9.17, 15) is 14.7 Å². The Kier molecular flexibility index (Phi) is 6.64. The fourth-order valence-corrected chi connectivity index (χ4v) is 4.45. The lowest BCUT2D eigenvalue weighted by molar-refractivity contribution is -0.162. The minimum Gasteiger partial charge on any atom is -0.447 e. The molecule has 2 heterocycles. The van der Waals surface area contributed by atoms with Crippen LogP contribution in [0.25, 0.3) is 0 Å². The highest BCUT2D eigenvalue weighted by Crippen LogP contribution is 2.47. The van der Waals surface area contributed by atoms with Gasteiger partial charge in [-0.25, -0.2) is 4.79 Å². The van der Waals surface area contributed by atoms with E-state index in [1.54, 1.807) is 18.7 Å². The Hall–Kier alpha value is -0.700. The van der Waals surface area contributed by atoms with Crippen LogP contribution in [0.15, 0.2) is 10.6 Å². The Morgan fingerprint density at radius 2 is 2.12 bits per heavy atom. The maximum Gasteiger partial charge on any atom is 0.356 e. The number of amides is 1. The fraction of sp³-hybridized carbons (Fsp3) is 0.750. The third-order valence-corrected chi connectivity index (χ3v) is 6.16. The zero-order chi connectivity index (χ0) is 18.0. The van der Waals surface area contributed by atoms with Crippen LogP contribution in [-0.4, -0.2) is 77.0 Å². The summed E-state index contributed by atoms with van der Waals surface area (Å²) < 4.78 is 5.42. The summed E-state index contributed by atoms with van der Waals surface area (Å²) >= 11 is 3.04. The van der Waals surface area contributed by atoms with Gasteiger partial charge in [0.25, 0.3) is 0 Å². The molecule has 0 aliphatic carbocycles. The Morgan fingerprint density at radius 3 is 2.67 bits per heavy atom. The molecule has 24 heavy (non-hydrogen) atoms. The molecule has 0 spiro atoms. The molecule has 4 atom stereocenters. The number of esters is 1. The predicted molar refractivity (Wildman–Crippen MR) is 97.5 cm³/mol. The lowest BCUT2D eigenvalue weighted by Crippen LogP contribution is -2.61. The molecule has 136 valence electrons. The molecule has 0 saturated carbocycles. The van der Waals surface area contributed by atoms with Crippen molar-refractivity contribution in [2.24, 2.45) is 5.92 Å². The van der Waals surface area contributed by atoms with Crippen LogP contribution in [0.1, 0.15) is 20.3 Å². The van der Waals surface area contributed by atoms with Crippen LogP contribution in [0, 0.1) is 5.92 Å². The predicted octanol–water partition coefficient (Wildman–Crippen LogP) is 1.36. The molecular formula is C16H26N2O4S2. The molecule has 0 aromatic rings. The van der Waals surface area contributed by atoms with E-state index in [4.69, 9.17) is 4.74 Å². The highest BCUT2D eigenvalue weighted by atomic mass is 32.2. The number of carbonyl (C=O) groups is 2. The molecule has 1 N–H and O–H groups in total. The van der Waals surface area contributed by atoms with Gasteiger partial charge in [0.15, 0.2) is 0 Å². The van der Waals surface area contributed by atoms with Crippen molar-refractivity contribution in [1.29, 1.82) is 0 Å². The first-order chi connectivity index (χ1) is 11.3. The number of aliphatic hydroxyl groups is 1. The van der Waals surface area contributed by atoms with Crippen molar-refractivity contribution in [2.45, 2.75) is 37.9 Å². The summed E-state index contributed by atoms with van der Waals surface area (Å²) in [6, 6.07) is -0.119. The summed E-state index contributed by atoms with van der Waals surface area (Å²) in [5.74, 6) is -0.200. The zero-order valence-electron chi connectivity index (χ0n) is 14.8. The first kappa shape index (κ1) is 19.6. The summed E-state index contributed by atoms with van der Waals surface area (Å²) in [7, 11) is 4.00. The van der Waals surface area contributed by atoms with Gasteiger partial charge in [0.2, 0.25) is 5.91 Å². The van der Waals surface area contributed by atoms with E-state index < -0.39 is 18.0 Å². The first-order valence-corrected chi connectivity index (χ1v) is 10.3. The van der Waals surface area contributed by atoms with Crippen LogP contribution in [-0.2, 0) is 14.3 Å². The molecule has 2 rings (SSSR count). The van der Waals surface area contributed by atoms with E-state index >= 15 is 0 Å². The number of ether oxygens (including phenoxy) is 1. The van der Waals surface area contributed by atoms with Crippen LogP contribution in [0.5, 0.6) is 0 Å². The van der Waals surface area contributed by atoms with E-state index in [-0.39, 0.29) is 17.4 Å². The van der Waals surface area contributed by atoms with Gasteiger partial charge in [0, 0.05) is 23.6 Å². The topological polar surface area (TPSA) is 70.1 Å². The third-order valence-electron chi connectivity index (χ3n) is 4.30. The number of nitrogens with zero attached hydrogens (tertiary/aromatic N) is 2. The highest BCUT2D eigenvalue weighted by Gasteiger charge is 2.57. The Bertz CT molecular complexity index is 536. The first-order valence-electron chi connectivity index (χ1n) is 8.03. The lowest BCUT2D eigenvalue weighted by atomic mass is 9.83. The smallest absolute Gasteiger partial charge is 0.356 e. The van der Waals surface area contributed by atoms with Crippen molar-refractivity contribution < 1.29 is 19.4 Å². The summed E-state index contributed by atoms with van der Waals surface area (Å²) in [5.41, 5.74) is 0.118. The number of carbonyl (C=O) groups excluding carboxylic acids is 2. The summed E-state index contributed by atoms with van der Waals surface area (Å²) in [6.45, 7) is 4.33. The highest BCUT2D eigenvalue weighted by molar-refractivity contribution is 8.03. The second-order valence-corrected chi connectivity index (χ2v) is 8.70. The second kappa shape index (κ2) is 8.12. The van der Waals surface area contributed by atoms with Crippen molar-refractivity contribution in [1.82, 2.24) is 9.80 Å². The molecule has 0 bridgehead atoms. The minimum absolute atomic E-state index is 0.119. The van der Waals surface area contributed by atoms with Gasteiger partial charge < -0.3 is 19.6 Å². The number of fused-ring (bicyclic) bond motifs is 1. The Labute approximate surface area is 152 Å². The number of β-lactam (4-membered cyclic amide) rings is 1. The van der Waals surface area contributed by atoms with Crippen LogP contribution in [0.2, 0.25) is 0 Å². The molecule has 6 nitrogen and oxygen atoms in total. The van der Waals surface area contributed by atoms with Crippen LogP contribution in [0.3, 0.4) is 0 Å². The fourth-order valence-electron chi connectivity index (χ4n) is 2.96. The zero-order valence-corrected chi connectivity index (χ0v) is 16.4. The Morgan fingerprint density at radius 1 is 1.46 bits per heavy atom. The molecule has 0 aromatic heterocycles. The molecule has 1 amide bonds. The standard InChI is InChI=1S/C16H26N2O4S2/c1-9(19)13-11-8-12(24-7-6-17(3)4)14(18(11)15(13)20)16(21)22-10(2)23-5/h9-11,13,19H,6-8H2,1-5H3/t9-,10?,11-,13-/m1/s1. The molecule has 2 aliphatic heterocycles. The van der Waals surface area contributed by atoms with Gasteiger partial charge in [-0.15, -0.1) is 23.5 Å². The number of aliphatic hydroxyl groups excluding tert-OH is 1. The number of rotatable bonds is 8. The number of hydrogen-bond acceptors (Lipinski definition) is 7. The monoisotopic (exact) mass is 374 g/mol. The van der Waals surface area contributed by atoms with Crippen LogP contribution >= 0.6 is 23.5 Å².